The van der Waals surface area contributed by atoms with Gasteiger partial charge >= 0.3 is 6.18 Å². The Kier molecular flexibility index (Phi) is 5.80. The lowest BCUT2D eigenvalue weighted by atomic mass is 9.71. The molecule has 2 aliphatic rings. The first-order valence-electron chi connectivity index (χ1n) is 10.2. The van der Waals surface area contributed by atoms with Crippen molar-refractivity contribution in [2.24, 2.45) is 16.7 Å². The quantitative estimate of drug-likeness (QED) is 0.788. The van der Waals surface area contributed by atoms with Crippen molar-refractivity contribution < 1.29 is 23.1 Å². The summed E-state index contributed by atoms with van der Waals surface area (Å²) in [6, 6.07) is 5.43. The Labute approximate surface area is 175 Å². The number of likely N-dealkylation sites (tertiary alicyclic amines) is 1. The molecule has 3 rings (SSSR count). The highest BCUT2D eigenvalue weighted by Gasteiger charge is 2.50. The number of carbonyl (C=O) groups excluding carboxylic acids is 1. The minimum atomic E-state index is -4.58. The van der Waals surface area contributed by atoms with Crippen LogP contribution in [0.3, 0.4) is 0 Å². The largest absolute Gasteiger partial charge is 0.417 e. The molecule has 164 valence electrons. The molecular formula is C22H28F3N3O2. The predicted molar refractivity (Wildman–Crippen MR) is 107 cm³/mol. The first-order valence-corrected chi connectivity index (χ1v) is 10.2. The Morgan fingerprint density at radius 1 is 1.27 bits per heavy atom. The molecule has 1 N–H and O–H groups in total. The lowest BCUT2D eigenvalue weighted by molar-refractivity contribution is -0.139. The van der Waals surface area contributed by atoms with Crippen LogP contribution in [0.5, 0.6) is 0 Å². The van der Waals surface area contributed by atoms with Crippen molar-refractivity contribution in [3.05, 3.63) is 29.3 Å². The number of benzene rings is 1. The zero-order valence-electron chi connectivity index (χ0n) is 17.6. The molecule has 1 unspecified atom stereocenters. The van der Waals surface area contributed by atoms with Crippen molar-refractivity contribution in [3.63, 3.8) is 0 Å². The molecule has 1 aromatic rings. The highest BCUT2D eigenvalue weighted by molar-refractivity contribution is 5.82. The molecule has 1 amide bonds. The van der Waals surface area contributed by atoms with Gasteiger partial charge in [-0.3, -0.25) is 4.79 Å². The fourth-order valence-corrected chi connectivity index (χ4v) is 4.75. The third-order valence-corrected chi connectivity index (χ3v) is 6.52. The second-order valence-corrected chi connectivity index (χ2v) is 9.50. The molecule has 1 spiro atoms. The summed E-state index contributed by atoms with van der Waals surface area (Å²) in [6.45, 7) is 7.78. The molecule has 0 aliphatic carbocycles. The van der Waals surface area contributed by atoms with Crippen molar-refractivity contribution in [2.75, 3.05) is 37.7 Å². The van der Waals surface area contributed by atoms with Gasteiger partial charge in [-0.2, -0.15) is 18.4 Å². The molecule has 5 nitrogen and oxygen atoms in total. The van der Waals surface area contributed by atoms with Crippen molar-refractivity contribution in [1.29, 1.82) is 5.26 Å². The number of nitrogens with zero attached hydrogens (tertiary/aromatic N) is 3. The maximum atomic E-state index is 13.3. The topological polar surface area (TPSA) is 67.6 Å². The van der Waals surface area contributed by atoms with E-state index in [1.54, 1.807) is 12.1 Å². The number of rotatable bonds is 2. The minimum Gasteiger partial charge on any atom is -0.396 e. The number of aliphatic hydroxyl groups excluding tert-OH is 1. The molecule has 30 heavy (non-hydrogen) atoms. The Balaban J connectivity index is 1.77. The predicted octanol–water partition coefficient (Wildman–Crippen LogP) is 3.66. The Morgan fingerprint density at radius 2 is 1.90 bits per heavy atom. The smallest absolute Gasteiger partial charge is 0.396 e. The summed E-state index contributed by atoms with van der Waals surface area (Å²) in [5.74, 6) is 0.0276. The number of amides is 1. The van der Waals surface area contributed by atoms with Gasteiger partial charge in [-0.1, -0.05) is 20.8 Å². The second kappa shape index (κ2) is 7.77. The van der Waals surface area contributed by atoms with E-state index in [0.717, 1.165) is 6.07 Å². The zero-order chi connectivity index (χ0) is 22.3. The van der Waals surface area contributed by atoms with Gasteiger partial charge in [0.1, 0.15) is 0 Å². The molecule has 2 saturated heterocycles. The second-order valence-electron chi connectivity index (χ2n) is 9.50. The van der Waals surface area contributed by atoms with Gasteiger partial charge in [-0.15, -0.1) is 0 Å². The number of hydrogen-bond acceptors (Lipinski definition) is 4. The van der Waals surface area contributed by atoms with E-state index in [2.05, 4.69) is 0 Å². The van der Waals surface area contributed by atoms with Crippen LogP contribution in [0.4, 0.5) is 18.9 Å². The van der Waals surface area contributed by atoms with Gasteiger partial charge in [-0.05, 0) is 36.5 Å². The first-order chi connectivity index (χ1) is 13.9. The van der Waals surface area contributed by atoms with E-state index in [1.807, 2.05) is 30.6 Å². The Hall–Kier alpha value is -2.27. The molecule has 2 fully saturated rings. The van der Waals surface area contributed by atoms with Crippen LogP contribution in [0.1, 0.15) is 44.7 Å². The number of piperidine rings is 1. The minimum absolute atomic E-state index is 0.0109. The van der Waals surface area contributed by atoms with Crippen molar-refractivity contribution >= 4 is 11.6 Å². The molecule has 0 saturated carbocycles. The van der Waals surface area contributed by atoms with Gasteiger partial charge in [0.05, 0.1) is 17.2 Å². The zero-order valence-corrected chi connectivity index (χ0v) is 17.6. The SMILES string of the molecule is CC(C)(C)C(=O)N1CC(CO)C2(CCN(c3ccc(C#N)c(C(F)(F)F)c3)CC2)C1. The summed E-state index contributed by atoms with van der Waals surface area (Å²) in [5, 5.41) is 18.9. The summed E-state index contributed by atoms with van der Waals surface area (Å²) in [5.41, 5.74) is -1.57. The van der Waals surface area contributed by atoms with Gasteiger partial charge in [-0.25, -0.2) is 0 Å². The van der Waals surface area contributed by atoms with E-state index in [4.69, 9.17) is 5.26 Å². The van der Waals surface area contributed by atoms with E-state index in [0.29, 0.717) is 44.7 Å². The number of anilines is 1. The summed E-state index contributed by atoms with van der Waals surface area (Å²) in [6.07, 6.45) is -3.21. The van der Waals surface area contributed by atoms with Crippen molar-refractivity contribution in [1.82, 2.24) is 4.90 Å². The van der Waals surface area contributed by atoms with Crippen LogP contribution in [0, 0.1) is 28.1 Å². The third kappa shape index (κ3) is 4.13. The van der Waals surface area contributed by atoms with Crippen molar-refractivity contribution in [3.8, 4) is 6.07 Å². The third-order valence-electron chi connectivity index (χ3n) is 6.52. The molecule has 0 radical (unpaired) electrons. The fraction of sp³-hybridized carbons (Fsp3) is 0.636. The van der Waals surface area contributed by atoms with E-state index in [9.17, 15) is 23.1 Å². The maximum Gasteiger partial charge on any atom is 0.417 e. The average molecular weight is 423 g/mol. The van der Waals surface area contributed by atoms with Crippen LogP contribution < -0.4 is 4.90 Å². The van der Waals surface area contributed by atoms with Gasteiger partial charge < -0.3 is 14.9 Å². The Morgan fingerprint density at radius 3 is 2.40 bits per heavy atom. The summed E-state index contributed by atoms with van der Waals surface area (Å²) in [4.78, 5) is 16.5. The van der Waals surface area contributed by atoms with Gasteiger partial charge in [0.15, 0.2) is 0 Å². The molecule has 0 aromatic heterocycles. The summed E-state index contributed by atoms with van der Waals surface area (Å²) < 4.78 is 39.9. The van der Waals surface area contributed by atoms with Crippen LogP contribution in [0.25, 0.3) is 0 Å². The van der Waals surface area contributed by atoms with Gasteiger partial charge in [0.25, 0.3) is 0 Å². The van der Waals surface area contributed by atoms with Crippen LogP contribution in [0.2, 0.25) is 0 Å². The highest BCUT2D eigenvalue weighted by Crippen LogP contribution is 2.46. The molecule has 1 atom stereocenters. The molecular weight excluding hydrogens is 395 g/mol. The molecule has 0 bridgehead atoms. The number of nitriles is 1. The average Bonchev–Trinajstić information content (AvgIpc) is 3.04. The van der Waals surface area contributed by atoms with Crippen LogP contribution in [-0.4, -0.2) is 48.7 Å². The number of aliphatic hydroxyl groups is 1. The lowest BCUT2D eigenvalue weighted by Gasteiger charge is -2.43. The van der Waals surface area contributed by atoms with Gasteiger partial charge in [0.2, 0.25) is 5.91 Å². The van der Waals surface area contributed by atoms with Gasteiger partial charge in [0, 0.05) is 49.8 Å². The van der Waals surface area contributed by atoms with Crippen LogP contribution >= 0.6 is 0 Å². The number of carbonyl (C=O) groups is 1. The van der Waals surface area contributed by atoms with Crippen molar-refractivity contribution in [2.45, 2.75) is 39.8 Å². The first kappa shape index (κ1) is 22.4. The molecule has 8 heteroatoms. The highest BCUT2D eigenvalue weighted by atomic mass is 19.4. The molecule has 2 heterocycles. The van der Waals surface area contributed by atoms with E-state index < -0.39 is 17.2 Å². The standard InChI is InChI=1S/C22H28F3N3O2/c1-20(2,3)19(30)28-12-16(13-29)21(14-28)6-8-27(9-7-21)17-5-4-15(11-26)18(10-17)22(23,24)25/h4-5,10,16,29H,6-9,12-14H2,1-3H3. The molecule has 2 aliphatic heterocycles. The maximum absolute atomic E-state index is 13.3. The summed E-state index contributed by atoms with van der Waals surface area (Å²) in [7, 11) is 0. The van der Waals surface area contributed by atoms with E-state index >= 15 is 0 Å². The monoisotopic (exact) mass is 423 g/mol. The van der Waals surface area contributed by atoms with E-state index in [-0.39, 0.29) is 29.4 Å². The lowest BCUT2D eigenvalue weighted by Crippen LogP contribution is -2.46. The number of hydrogen-bond donors (Lipinski definition) is 1. The Bertz CT molecular complexity index is 847. The molecule has 1 aromatic carbocycles. The normalized spacial score (nSPS) is 21.7. The van der Waals surface area contributed by atoms with E-state index in [1.165, 1.54) is 6.07 Å². The number of halogens is 3. The number of alkyl halides is 3. The van der Waals surface area contributed by atoms with Crippen LogP contribution in [0.15, 0.2) is 18.2 Å². The van der Waals surface area contributed by atoms with Crippen LogP contribution in [-0.2, 0) is 11.0 Å². The fourth-order valence-electron chi connectivity index (χ4n) is 4.75. The summed E-state index contributed by atoms with van der Waals surface area (Å²) >= 11 is 0.